The average molecular weight is 592 g/mol. The van der Waals surface area contributed by atoms with Gasteiger partial charge < -0.3 is 40.9 Å². The normalized spacial score (nSPS) is 18.6. The van der Waals surface area contributed by atoms with Gasteiger partial charge in [0.15, 0.2) is 29.8 Å². The maximum absolute atomic E-state index is 13.1. The van der Waals surface area contributed by atoms with Gasteiger partial charge in [0, 0.05) is 28.8 Å². The van der Waals surface area contributed by atoms with Crippen LogP contribution in [0.1, 0.15) is 19.5 Å². The molecule has 0 spiro atoms. The number of carbonyl (C=O) groups is 4. The van der Waals surface area contributed by atoms with E-state index in [0.29, 0.717) is 11.3 Å². The van der Waals surface area contributed by atoms with Crippen LogP contribution >= 0.6 is 23.1 Å². The van der Waals surface area contributed by atoms with Gasteiger partial charge in [-0.05, 0) is 13.8 Å². The molecule has 2 atom stereocenters. The number of carboxylic acids is 2. The number of aliphatic carboxylic acids is 2. The third-order valence-electron chi connectivity index (χ3n) is 5.54. The van der Waals surface area contributed by atoms with Crippen molar-refractivity contribution in [3.05, 3.63) is 52.9 Å². The highest BCUT2D eigenvalue weighted by atomic mass is 32.2. The molecule has 4 rings (SSSR count). The molecule has 0 unspecified atom stereocenters. The number of oxime groups is 1. The topological polar surface area (TPSA) is 232 Å². The number of nitrogens with zero attached hydrogens (tertiary/aromatic N) is 4. The summed E-state index contributed by atoms with van der Waals surface area (Å²) in [7, 11) is -0.750. The number of carboxylic acid groups (broad SMARTS) is 2. The van der Waals surface area contributed by atoms with Gasteiger partial charge in [-0.25, -0.2) is 14.3 Å². The number of amides is 2. The van der Waals surface area contributed by atoms with Gasteiger partial charge >= 0.3 is 13.7 Å². The van der Waals surface area contributed by atoms with Gasteiger partial charge in [-0.15, -0.1) is 23.1 Å². The summed E-state index contributed by atoms with van der Waals surface area (Å²) in [6, 6.07) is 4.36. The largest absolute Gasteiger partial charge is 0.543 e. The Labute approximate surface area is 236 Å². The van der Waals surface area contributed by atoms with E-state index in [1.165, 1.54) is 31.0 Å². The molecule has 212 valence electrons. The molecule has 1 saturated heterocycles. The number of β-lactam (4-membered cyclic amide) rings is 1. The number of fused-ring (bicyclic) bond motifs is 1. The minimum absolute atomic E-state index is 0.0265. The lowest BCUT2D eigenvalue weighted by atomic mass is 10.0. The van der Waals surface area contributed by atoms with E-state index in [9.17, 15) is 29.4 Å². The Bertz CT molecular complexity index is 1350. The van der Waals surface area contributed by atoms with Crippen LogP contribution in [0.3, 0.4) is 0 Å². The van der Waals surface area contributed by atoms with Gasteiger partial charge in [0.25, 0.3) is 11.8 Å². The number of carbonyl (C=O) groups excluding carboxylic acids is 3. The zero-order valence-electron chi connectivity index (χ0n) is 21.2. The van der Waals surface area contributed by atoms with E-state index in [-0.39, 0.29) is 28.8 Å². The molecule has 2 aromatic heterocycles. The van der Waals surface area contributed by atoms with Gasteiger partial charge in [0.1, 0.15) is 17.1 Å². The first kappa shape index (κ1) is 30.5. The number of thiazole rings is 1. The van der Waals surface area contributed by atoms with E-state index in [1.54, 1.807) is 29.1 Å². The van der Waals surface area contributed by atoms with Crippen LogP contribution in [0.5, 0.6) is 0 Å². The van der Waals surface area contributed by atoms with Crippen LogP contribution < -0.4 is 20.7 Å². The Hall–Kier alpha value is -4.00. The lowest BCUT2D eigenvalue weighted by Crippen LogP contribution is -2.71. The number of nitrogens with one attached hydrogen (secondary N) is 1. The van der Waals surface area contributed by atoms with Crippen molar-refractivity contribution in [1.29, 1.82) is 0 Å². The Morgan fingerprint density at radius 2 is 1.98 bits per heavy atom. The summed E-state index contributed by atoms with van der Waals surface area (Å²) in [5.74, 6) is -4.01. The first-order valence-corrected chi connectivity index (χ1v) is 13.4. The van der Waals surface area contributed by atoms with Crippen molar-refractivity contribution in [1.82, 2.24) is 15.2 Å². The molecule has 0 saturated carbocycles. The van der Waals surface area contributed by atoms with Crippen molar-refractivity contribution in [2.24, 2.45) is 5.16 Å². The summed E-state index contributed by atoms with van der Waals surface area (Å²) in [5.41, 5.74) is 3.83. The van der Waals surface area contributed by atoms with E-state index < -0.39 is 48.5 Å². The molecule has 15 nitrogen and oxygen atoms in total. The maximum atomic E-state index is 13.1. The molecule has 6 N–H and O–H groups in total. The van der Waals surface area contributed by atoms with E-state index in [2.05, 4.69) is 15.5 Å². The minimum atomic E-state index is -1.75. The second-order valence-corrected chi connectivity index (χ2v) is 10.7. The summed E-state index contributed by atoms with van der Waals surface area (Å²) >= 11 is 2.32. The Morgan fingerprint density at radius 3 is 2.52 bits per heavy atom. The Balaban J connectivity index is 0.00000141. The fourth-order valence-electron chi connectivity index (χ4n) is 3.56. The number of nitrogens with two attached hydrogens (primary N) is 1. The Morgan fingerprint density at radius 1 is 1.32 bits per heavy atom. The fourth-order valence-corrected chi connectivity index (χ4v) is 5.45. The third kappa shape index (κ3) is 6.76. The van der Waals surface area contributed by atoms with Crippen LogP contribution in [0.2, 0.25) is 0 Å². The number of hydrogen-bond acceptors (Lipinski definition) is 13. The number of hydrogen-bond donors (Lipinski definition) is 5. The average Bonchev–Trinajstić information content (AvgIpc) is 3.33. The number of aromatic nitrogens is 2. The molecular weight excluding hydrogens is 567 g/mol. The Kier molecular flexibility index (Phi) is 9.85. The van der Waals surface area contributed by atoms with Gasteiger partial charge in [0.05, 0.1) is 11.7 Å². The highest BCUT2D eigenvalue weighted by Gasteiger charge is 2.53. The van der Waals surface area contributed by atoms with Crippen molar-refractivity contribution in [2.45, 2.75) is 37.4 Å². The zero-order chi connectivity index (χ0) is 29.6. The van der Waals surface area contributed by atoms with Crippen molar-refractivity contribution < 1.29 is 48.8 Å². The number of rotatable bonds is 9. The predicted molar refractivity (Wildman–Crippen MR) is 141 cm³/mol. The highest BCUT2D eigenvalue weighted by Crippen LogP contribution is 2.40. The fraction of sp³-hybridized carbons (Fsp3) is 0.318. The third-order valence-corrected chi connectivity index (χ3v) is 7.55. The van der Waals surface area contributed by atoms with E-state index in [4.69, 9.17) is 20.6 Å². The standard InChI is InChI=1S/C22H22N6O7S2.BH3O2/c1-22(2,20(33)34)35-26-13(12-10-37-21(23)24-12)16(29)25-14-17(30)28-15(19(31)32)11(9-36-18(14)28)8-27-6-4-3-5-7-27;2-1-3/h3-7,10,14,18H,8-9H2,1-2H3,(H4-,23,24,25,29,31,32,33,34);1-3H/b26-13-;/t14-,18-;/m1./s1. The van der Waals surface area contributed by atoms with Crippen LogP contribution in [-0.2, 0) is 30.6 Å². The number of thioether (sulfide) groups is 1. The highest BCUT2D eigenvalue weighted by molar-refractivity contribution is 8.00. The molecule has 4 heterocycles. The molecule has 2 aliphatic rings. The second kappa shape index (κ2) is 12.9. The molecule has 2 amide bonds. The first-order chi connectivity index (χ1) is 18.9. The van der Waals surface area contributed by atoms with Crippen LogP contribution in [0.4, 0.5) is 5.13 Å². The number of pyridine rings is 1. The van der Waals surface area contributed by atoms with Gasteiger partial charge in [-0.3, -0.25) is 14.5 Å². The van der Waals surface area contributed by atoms with Crippen molar-refractivity contribution in [2.75, 3.05) is 11.5 Å². The summed E-state index contributed by atoms with van der Waals surface area (Å²) in [6.07, 6.45) is 3.55. The maximum Gasteiger partial charge on any atom is 0.432 e. The minimum Gasteiger partial charge on any atom is -0.543 e. The van der Waals surface area contributed by atoms with Crippen LogP contribution in [0, 0.1) is 0 Å². The summed E-state index contributed by atoms with van der Waals surface area (Å²) < 4.78 is 1.78. The van der Waals surface area contributed by atoms with Crippen LogP contribution in [0.15, 0.2) is 52.4 Å². The van der Waals surface area contributed by atoms with Crippen molar-refractivity contribution >= 4 is 65.4 Å². The lowest BCUT2D eigenvalue weighted by molar-refractivity contribution is -0.689. The molecule has 40 heavy (non-hydrogen) atoms. The molecule has 2 aliphatic heterocycles. The van der Waals surface area contributed by atoms with Crippen LogP contribution in [0.25, 0.3) is 0 Å². The van der Waals surface area contributed by atoms with Crippen molar-refractivity contribution in [3.63, 3.8) is 0 Å². The number of anilines is 1. The van der Waals surface area contributed by atoms with Crippen molar-refractivity contribution in [3.8, 4) is 0 Å². The molecular formula is C22H25BN6O9S2. The molecule has 0 aliphatic carbocycles. The van der Waals surface area contributed by atoms with E-state index >= 15 is 0 Å². The molecule has 2 aromatic rings. The molecule has 18 heteroatoms. The summed E-state index contributed by atoms with van der Waals surface area (Å²) in [6.45, 7) is 2.74. The summed E-state index contributed by atoms with van der Waals surface area (Å²) in [4.78, 5) is 59.6. The van der Waals surface area contributed by atoms with Crippen LogP contribution in [-0.4, -0.2) is 85.0 Å². The molecule has 0 radical (unpaired) electrons. The van der Waals surface area contributed by atoms with Gasteiger partial charge in [-0.2, -0.15) is 0 Å². The molecule has 0 bridgehead atoms. The number of nitrogen functional groups attached to an aromatic ring is 1. The monoisotopic (exact) mass is 592 g/mol. The zero-order valence-corrected chi connectivity index (χ0v) is 22.8. The summed E-state index contributed by atoms with van der Waals surface area (Å²) in [5, 5.41) is 42.6. The van der Waals surface area contributed by atoms with Gasteiger partial charge in [-0.1, -0.05) is 11.2 Å². The van der Waals surface area contributed by atoms with Gasteiger partial charge in [0.2, 0.25) is 5.60 Å². The molecule has 1 fully saturated rings. The predicted octanol–water partition coefficient (Wildman–Crippen LogP) is -3.06. The van der Waals surface area contributed by atoms with E-state index in [0.717, 1.165) is 16.2 Å². The smallest absolute Gasteiger partial charge is 0.432 e. The second-order valence-electron chi connectivity index (χ2n) is 8.71. The lowest BCUT2D eigenvalue weighted by Gasteiger charge is -2.50. The van der Waals surface area contributed by atoms with E-state index in [1.807, 2.05) is 6.07 Å². The SMILES string of the molecule is CC(C)(O/N=C(\C(=O)N[C@@H]1C(=O)N2C(C(=O)[O-])=C(C[n+]3ccccc3)CS[C@H]12)c1csc(N)n1)C(=O)O.OBO. The molecule has 0 aromatic carbocycles. The quantitative estimate of drug-likeness (QED) is 0.0642. The first-order valence-electron chi connectivity index (χ1n) is 11.5.